The third kappa shape index (κ3) is 2.26. The van der Waals surface area contributed by atoms with E-state index in [0.717, 1.165) is 44.7 Å². The Hall–Kier alpha value is -2.15. The van der Waals surface area contributed by atoms with Crippen LogP contribution in [-0.2, 0) is 24.2 Å². The lowest BCUT2D eigenvalue weighted by Crippen LogP contribution is -2.47. The molecule has 2 fully saturated rings. The highest BCUT2D eigenvalue weighted by Crippen LogP contribution is 2.29. The van der Waals surface area contributed by atoms with Gasteiger partial charge >= 0.3 is 0 Å². The summed E-state index contributed by atoms with van der Waals surface area (Å²) in [6.45, 7) is 3.75. The Morgan fingerprint density at radius 3 is 2.96 bits per heavy atom. The molecule has 0 radical (unpaired) electrons. The van der Waals surface area contributed by atoms with E-state index in [9.17, 15) is 4.79 Å². The summed E-state index contributed by atoms with van der Waals surface area (Å²) in [5.41, 5.74) is 4.97. The lowest BCUT2D eigenvalue weighted by atomic mass is 10.1. The van der Waals surface area contributed by atoms with Crippen LogP contribution in [0.15, 0.2) is 12.4 Å². The largest absolute Gasteiger partial charge is 0.309 e. The van der Waals surface area contributed by atoms with Crippen molar-refractivity contribution < 1.29 is 4.79 Å². The molecule has 4 heterocycles. The van der Waals surface area contributed by atoms with Crippen LogP contribution in [0.25, 0.3) is 0 Å². The summed E-state index contributed by atoms with van der Waals surface area (Å²) in [5, 5.41) is 12.2. The second-order valence-electron chi connectivity index (χ2n) is 7.16. The minimum Gasteiger partial charge on any atom is -0.309 e. The summed E-state index contributed by atoms with van der Waals surface area (Å²) >= 11 is 0. The molecule has 2 aliphatic heterocycles. The number of nitrogens with one attached hydrogen (secondary N) is 1. The van der Waals surface area contributed by atoms with Gasteiger partial charge in [-0.05, 0) is 31.2 Å². The zero-order chi connectivity index (χ0) is 16.1. The van der Waals surface area contributed by atoms with Gasteiger partial charge in [0.25, 0.3) is 0 Å². The highest BCUT2D eigenvalue weighted by molar-refractivity contribution is 5.95. The Kier molecular flexibility index (Phi) is 3.22. The van der Waals surface area contributed by atoms with Gasteiger partial charge in [0.15, 0.2) is 0 Å². The monoisotopic (exact) mass is 326 g/mol. The average molecular weight is 326 g/mol. The number of nitrogens with zero attached hydrogens (tertiary/aromatic N) is 5. The van der Waals surface area contributed by atoms with E-state index in [-0.39, 0.29) is 5.91 Å². The molecule has 7 nitrogen and oxygen atoms in total. The Labute approximate surface area is 140 Å². The number of likely N-dealkylation sites (tertiary alicyclic amines) is 1. The predicted molar refractivity (Wildman–Crippen MR) is 88.7 cm³/mol. The minimum atomic E-state index is 0.220. The summed E-state index contributed by atoms with van der Waals surface area (Å²) in [6.07, 6.45) is 9.04. The molecular formula is C17H22N6O. The maximum atomic E-state index is 11.8. The molecule has 0 unspecified atom stereocenters. The Bertz CT molecular complexity index is 772. The Morgan fingerprint density at radius 1 is 1.21 bits per heavy atom. The molecule has 0 aromatic carbocycles. The minimum absolute atomic E-state index is 0.220. The van der Waals surface area contributed by atoms with Crippen LogP contribution in [0.1, 0.15) is 42.3 Å². The summed E-state index contributed by atoms with van der Waals surface area (Å²) in [5.74, 6) is 0.220. The first-order chi connectivity index (χ1) is 11.8. The van der Waals surface area contributed by atoms with Crippen LogP contribution in [0.4, 0.5) is 5.69 Å². The molecule has 126 valence electrons. The van der Waals surface area contributed by atoms with Crippen molar-refractivity contribution in [2.75, 3.05) is 24.5 Å². The molecule has 2 saturated heterocycles. The standard InChI is InChI=1S/C17H22N6O/c24-17-5-2-6-22(17)12-7-18-23(10-12)13-8-21(9-13)11-16-14-3-1-4-15(14)19-20-16/h7,10,13H,1-6,8-9,11H2,(H,19,20). The van der Waals surface area contributed by atoms with Gasteiger partial charge in [0.1, 0.15) is 0 Å². The van der Waals surface area contributed by atoms with E-state index >= 15 is 0 Å². The van der Waals surface area contributed by atoms with Crippen molar-refractivity contribution in [3.05, 3.63) is 29.3 Å². The van der Waals surface area contributed by atoms with Crippen molar-refractivity contribution in [2.45, 2.75) is 44.7 Å². The molecule has 1 amide bonds. The Morgan fingerprint density at radius 2 is 2.12 bits per heavy atom. The summed E-state index contributed by atoms with van der Waals surface area (Å²) < 4.78 is 2.02. The van der Waals surface area contributed by atoms with Gasteiger partial charge in [-0.1, -0.05) is 0 Å². The number of fused-ring (bicyclic) bond motifs is 1. The van der Waals surface area contributed by atoms with Crippen molar-refractivity contribution in [3.8, 4) is 0 Å². The van der Waals surface area contributed by atoms with Crippen molar-refractivity contribution in [1.82, 2.24) is 24.9 Å². The van der Waals surface area contributed by atoms with Crippen LogP contribution in [0.2, 0.25) is 0 Å². The second kappa shape index (κ2) is 5.44. The number of aryl methyl sites for hydroxylation is 1. The van der Waals surface area contributed by atoms with Crippen LogP contribution in [0, 0.1) is 0 Å². The second-order valence-corrected chi connectivity index (χ2v) is 7.16. The molecule has 0 saturated carbocycles. The maximum absolute atomic E-state index is 11.8. The lowest BCUT2D eigenvalue weighted by molar-refractivity contribution is -0.117. The Balaban J connectivity index is 1.21. The van der Waals surface area contributed by atoms with Gasteiger partial charge in [-0.3, -0.25) is 19.5 Å². The fraction of sp³-hybridized carbons (Fsp3) is 0.588. The molecule has 0 spiro atoms. The smallest absolute Gasteiger partial charge is 0.227 e. The van der Waals surface area contributed by atoms with Gasteiger partial charge in [-0.25, -0.2) is 0 Å². The fourth-order valence-electron chi connectivity index (χ4n) is 4.16. The number of H-pyrrole nitrogens is 1. The van der Waals surface area contributed by atoms with Crippen LogP contribution in [0.3, 0.4) is 0 Å². The molecule has 5 rings (SSSR count). The van der Waals surface area contributed by atoms with Crippen LogP contribution < -0.4 is 4.90 Å². The van der Waals surface area contributed by atoms with E-state index in [1.165, 1.54) is 29.8 Å². The molecule has 1 N–H and O–H groups in total. The van der Waals surface area contributed by atoms with Crippen LogP contribution in [-0.4, -0.2) is 50.4 Å². The normalized spacial score (nSPS) is 21.5. The zero-order valence-electron chi connectivity index (χ0n) is 13.7. The summed E-state index contributed by atoms with van der Waals surface area (Å²) in [6, 6.07) is 0.406. The maximum Gasteiger partial charge on any atom is 0.227 e. The number of hydrogen-bond acceptors (Lipinski definition) is 4. The van der Waals surface area contributed by atoms with Gasteiger partial charge in [-0.2, -0.15) is 10.2 Å². The molecule has 2 aromatic heterocycles. The van der Waals surface area contributed by atoms with E-state index in [2.05, 4.69) is 20.2 Å². The van der Waals surface area contributed by atoms with Crippen LogP contribution >= 0.6 is 0 Å². The number of amides is 1. The van der Waals surface area contributed by atoms with E-state index < -0.39 is 0 Å². The topological polar surface area (TPSA) is 70.1 Å². The first kappa shape index (κ1) is 14.2. The van der Waals surface area contributed by atoms with Crippen LogP contribution in [0.5, 0.6) is 0 Å². The number of hydrogen-bond donors (Lipinski definition) is 1. The SMILES string of the molecule is O=C1CCCN1c1cnn(C2CN(Cc3n[nH]c4c3CCC4)C2)c1. The predicted octanol–water partition coefficient (Wildman–Crippen LogP) is 1.28. The summed E-state index contributed by atoms with van der Waals surface area (Å²) in [4.78, 5) is 16.1. The van der Waals surface area contributed by atoms with E-state index in [0.29, 0.717) is 12.5 Å². The number of carbonyl (C=O) groups excluding carboxylic acids is 1. The highest BCUT2D eigenvalue weighted by atomic mass is 16.2. The number of anilines is 1. The molecule has 24 heavy (non-hydrogen) atoms. The number of rotatable bonds is 4. The van der Waals surface area contributed by atoms with Crippen molar-refractivity contribution in [3.63, 3.8) is 0 Å². The highest BCUT2D eigenvalue weighted by Gasteiger charge is 2.31. The zero-order valence-corrected chi connectivity index (χ0v) is 13.7. The molecule has 0 bridgehead atoms. The van der Waals surface area contributed by atoms with Gasteiger partial charge in [0.05, 0.1) is 23.6 Å². The van der Waals surface area contributed by atoms with Crippen molar-refractivity contribution in [1.29, 1.82) is 0 Å². The van der Waals surface area contributed by atoms with Gasteiger partial charge < -0.3 is 4.90 Å². The molecular weight excluding hydrogens is 304 g/mol. The first-order valence-electron chi connectivity index (χ1n) is 8.90. The lowest BCUT2D eigenvalue weighted by Gasteiger charge is -2.38. The van der Waals surface area contributed by atoms with Crippen molar-refractivity contribution in [2.24, 2.45) is 0 Å². The fourth-order valence-corrected chi connectivity index (χ4v) is 4.16. The van der Waals surface area contributed by atoms with Gasteiger partial charge in [0.2, 0.25) is 5.91 Å². The third-order valence-corrected chi connectivity index (χ3v) is 5.55. The summed E-state index contributed by atoms with van der Waals surface area (Å²) in [7, 11) is 0. The molecule has 3 aliphatic rings. The number of carbonyl (C=O) groups is 1. The third-order valence-electron chi connectivity index (χ3n) is 5.55. The molecule has 0 atom stereocenters. The molecule has 2 aromatic rings. The van der Waals surface area contributed by atoms with E-state index in [1.807, 2.05) is 22.0 Å². The average Bonchev–Trinajstić information content (AvgIpc) is 3.27. The van der Waals surface area contributed by atoms with Gasteiger partial charge in [0, 0.05) is 44.5 Å². The van der Waals surface area contributed by atoms with E-state index in [1.54, 1.807) is 0 Å². The molecule has 7 heteroatoms. The first-order valence-corrected chi connectivity index (χ1v) is 8.90. The molecule has 1 aliphatic carbocycles. The van der Waals surface area contributed by atoms with Crippen molar-refractivity contribution >= 4 is 11.6 Å². The number of aromatic nitrogens is 4. The quantitative estimate of drug-likeness (QED) is 0.919. The number of aromatic amines is 1. The van der Waals surface area contributed by atoms with E-state index in [4.69, 9.17) is 0 Å². The van der Waals surface area contributed by atoms with Gasteiger partial charge in [-0.15, -0.1) is 0 Å².